The molecule has 1 heterocycles. The van der Waals surface area contributed by atoms with E-state index in [0.29, 0.717) is 25.9 Å². The quantitative estimate of drug-likeness (QED) is 0.637. The second-order valence-corrected chi connectivity index (χ2v) is 4.46. The highest BCUT2D eigenvalue weighted by Crippen LogP contribution is 2.15. The summed E-state index contributed by atoms with van der Waals surface area (Å²) in [6, 6.07) is 0. The van der Waals surface area contributed by atoms with E-state index < -0.39 is 0 Å². The number of aliphatic hydroxyl groups is 1. The van der Waals surface area contributed by atoms with Gasteiger partial charge in [0, 0.05) is 26.6 Å². The zero-order valence-electron chi connectivity index (χ0n) is 9.90. The predicted octanol–water partition coefficient (Wildman–Crippen LogP) is -0.258. The summed E-state index contributed by atoms with van der Waals surface area (Å²) in [7, 11) is 1.71. The Balaban J connectivity index is 2.18. The monoisotopic (exact) mass is 228 g/mol. The van der Waals surface area contributed by atoms with E-state index in [4.69, 9.17) is 5.11 Å². The van der Waals surface area contributed by atoms with Crippen molar-refractivity contribution < 1.29 is 14.7 Å². The molecule has 0 radical (unpaired) electrons. The van der Waals surface area contributed by atoms with Crippen LogP contribution < -0.4 is 5.32 Å². The lowest BCUT2D eigenvalue weighted by molar-refractivity contribution is -0.128. The molecule has 1 saturated heterocycles. The molecule has 0 spiro atoms. The van der Waals surface area contributed by atoms with Crippen LogP contribution in [-0.2, 0) is 9.59 Å². The summed E-state index contributed by atoms with van der Waals surface area (Å²) < 4.78 is 0. The van der Waals surface area contributed by atoms with Gasteiger partial charge in [0.05, 0.1) is 12.0 Å². The van der Waals surface area contributed by atoms with Gasteiger partial charge >= 0.3 is 0 Å². The lowest BCUT2D eigenvalue weighted by Gasteiger charge is -2.11. The van der Waals surface area contributed by atoms with Crippen LogP contribution in [0.1, 0.15) is 26.2 Å². The van der Waals surface area contributed by atoms with Crippen molar-refractivity contribution in [2.45, 2.75) is 32.3 Å². The van der Waals surface area contributed by atoms with Gasteiger partial charge in [-0.05, 0) is 19.8 Å². The van der Waals surface area contributed by atoms with E-state index in [-0.39, 0.29) is 23.8 Å². The molecule has 2 N–H and O–H groups in total. The fourth-order valence-corrected chi connectivity index (χ4v) is 1.79. The second kappa shape index (κ2) is 5.84. The summed E-state index contributed by atoms with van der Waals surface area (Å²) in [6.07, 6.45) is 1.44. The average Bonchev–Trinajstić information content (AvgIpc) is 2.54. The van der Waals surface area contributed by atoms with Crippen molar-refractivity contribution in [3.63, 3.8) is 0 Å². The molecule has 2 unspecified atom stereocenters. The Morgan fingerprint density at radius 1 is 1.69 bits per heavy atom. The van der Waals surface area contributed by atoms with Crippen molar-refractivity contribution >= 4 is 11.8 Å². The molecule has 2 amide bonds. The van der Waals surface area contributed by atoms with Gasteiger partial charge in [0.2, 0.25) is 11.8 Å². The predicted molar refractivity (Wildman–Crippen MR) is 59.7 cm³/mol. The third-order valence-electron chi connectivity index (χ3n) is 2.81. The normalized spacial score (nSPS) is 22.3. The Hall–Kier alpha value is -1.10. The number of aliphatic hydroxyl groups excluding tert-OH is 1. The molecule has 1 fully saturated rings. The summed E-state index contributed by atoms with van der Waals surface area (Å²) in [5.74, 6) is -0.225. The molecule has 5 nitrogen and oxygen atoms in total. The maximum absolute atomic E-state index is 11.6. The molecule has 0 bridgehead atoms. The number of carbonyl (C=O) groups is 2. The standard InChI is InChI=1S/C11H20N2O3/c1-8(14)4-3-5-12-11(16)9-6-10(15)13(2)7-9/h8-9,14H,3-7H2,1-2H3,(H,12,16). The Labute approximate surface area is 95.8 Å². The van der Waals surface area contributed by atoms with Gasteiger partial charge < -0.3 is 15.3 Å². The van der Waals surface area contributed by atoms with Gasteiger partial charge in [-0.15, -0.1) is 0 Å². The molecule has 0 aromatic heterocycles. The Morgan fingerprint density at radius 3 is 2.88 bits per heavy atom. The molecule has 1 aliphatic heterocycles. The first-order valence-electron chi connectivity index (χ1n) is 5.70. The minimum Gasteiger partial charge on any atom is -0.393 e. The number of likely N-dealkylation sites (tertiary alicyclic amines) is 1. The van der Waals surface area contributed by atoms with Crippen LogP contribution in [0, 0.1) is 5.92 Å². The highest BCUT2D eigenvalue weighted by atomic mass is 16.3. The minimum atomic E-state index is -0.323. The number of hydrogen-bond acceptors (Lipinski definition) is 3. The number of hydrogen-bond donors (Lipinski definition) is 2. The molecule has 1 aliphatic rings. The minimum absolute atomic E-state index is 0.0316. The van der Waals surface area contributed by atoms with Crippen molar-refractivity contribution in [1.82, 2.24) is 10.2 Å². The molecule has 16 heavy (non-hydrogen) atoms. The number of nitrogens with one attached hydrogen (secondary N) is 1. The van der Waals surface area contributed by atoms with E-state index in [1.54, 1.807) is 18.9 Å². The summed E-state index contributed by atoms with van der Waals surface area (Å²) in [5, 5.41) is 11.8. The van der Waals surface area contributed by atoms with Gasteiger partial charge in [-0.2, -0.15) is 0 Å². The summed E-state index contributed by atoms with van der Waals surface area (Å²) in [6.45, 7) is 2.81. The lowest BCUT2D eigenvalue weighted by atomic mass is 10.1. The molecule has 0 saturated carbocycles. The molecule has 92 valence electrons. The number of nitrogens with zero attached hydrogens (tertiary/aromatic N) is 1. The van der Waals surface area contributed by atoms with Crippen LogP contribution in [0.5, 0.6) is 0 Å². The van der Waals surface area contributed by atoms with Crippen LogP contribution >= 0.6 is 0 Å². The molecule has 0 aromatic carbocycles. The molecule has 0 aliphatic carbocycles. The van der Waals surface area contributed by atoms with Crippen LogP contribution in [0.4, 0.5) is 0 Å². The van der Waals surface area contributed by atoms with Crippen molar-refractivity contribution in [3.05, 3.63) is 0 Å². The molecular formula is C11H20N2O3. The van der Waals surface area contributed by atoms with Crippen LogP contribution in [0.15, 0.2) is 0 Å². The van der Waals surface area contributed by atoms with E-state index in [0.717, 1.165) is 6.42 Å². The van der Waals surface area contributed by atoms with Gasteiger partial charge in [0.25, 0.3) is 0 Å². The number of carbonyl (C=O) groups excluding carboxylic acids is 2. The van der Waals surface area contributed by atoms with E-state index in [9.17, 15) is 9.59 Å². The zero-order valence-corrected chi connectivity index (χ0v) is 9.90. The Kier molecular flexibility index (Phi) is 4.73. The molecule has 0 aromatic rings. The second-order valence-electron chi connectivity index (χ2n) is 4.46. The largest absolute Gasteiger partial charge is 0.393 e. The summed E-state index contributed by atoms with van der Waals surface area (Å²) in [5.41, 5.74) is 0. The maximum atomic E-state index is 11.6. The van der Waals surface area contributed by atoms with Gasteiger partial charge in [-0.1, -0.05) is 0 Å². The number of amides is 2. The maximum Gasteiger partial charge on any atom is 0.225 e. The molecule has 2 atom stereocenters. The average molecular weight is 228 g/mol. The van der Waals surface area contributed by atoms with Crippen molar-refractivity contribution in [1.29, 1.82) is 0 Å². The van der Waals surface area contributed by atoms with Crippen LogP contribution in [-0.4, -0.2) is 48.1 Å². The first-order chi connectivity index (χ1) is 7.50. The van der Waals surface area contributed by atoms with Crippen LogP contribution in [0.2, 0.25) is 0 Å². The van der Waals surface area contributed by atoms with E-state index in [2.05, 4.69) is 5.32 Å². The van der Waals surface area contributed by atoms with Gasteiger partial charge in [-0.25, -0.2) is 0 Å². The third-order valence-corrected chi connectivity index (χ3v) is 2.81. The Morgan fingerprint density at radius 2 is 2.38 bits per heavy atom. The van der Waals surface area contributed by atoms with E-state index in [1.165, 1.54) is 0 Å². The SMILES string of the molecule is CC(O)CCCNC(=O)C1CC(=O)N(C)C1. The summed E-state index contributed by atoms with van der Waals surface area (Å²) >= 11 is 0. The van der Waals surface area contributed by atoms with Crippen LogP contribution in [0.3, 0.4) is 0 Å². The van der Waals surface area contributed by atoms with Crippen molar-refractivity contribution in [2.75, 3.05) is 20.1 Å². The van der Waals surface area contributed by atoms with Gasteiger partial charge in [0.15, 0.2) is 0 Å². The Bertz CT molecular complexity index is 266. The number of rotatable bonds is 5. The first-order valence-corrected chi connectivity index (χ1v) is 5.70. The molecule has 5 heteroatoms. The molecule has 1 rings (SSSR count). The van der Waals surface area contributed by atoms with Crippen LogP contribution in [0.25, 0.3) is 0 Å². The highest BCUT2D eigenvalue weighted by Gasteiger charge is 2.31. The zero-order chi connectivity index (χ0) is 12.1. The van der Waals surface area contributed by atoms with E-state index in [1.807, 2.05) is 0 Å². The van der Waals surface area contributed by atoms with Crippen molar-refractivity contribution in [2.24, 2.45) is 5.92 Å². The van der Waals surface area contributed by atoms with E-state index >= 15 is 0 Å². The third kappa shape index (κ3) is 3.81. The topological polar surface area (TPSA) is 69.6 Å². The molecular weight excluding hydrogens is 208 g/mol. The smallest absolute Gasteiger partial charge is 0.225 e. The first kappa shape index (κ1) is 13.0. The fraction of sp³-hybridized carbons (Fsp3) is 0.818. The fourth-order valence-electron chi connectivity index (χ4n) is 1.79. The highest BCUT2D eigenvalue weighted by molar-refractivity contribution is 5.89. The van der Waals surface area contributed by atoms with Gasteiger partial charge in [0.1, 0.15) is 0 Å². The van der Waals surface area contributed by atoms with Gasteiger partial charge in [-0.3, -0.25) is 9.59 Å². The summed E-state index contributed by atoms with van der Waals surface area (Å²) in [4.78, 5) is 24.4. The lowest BCUT2D eigenvalue weighted by Crippen LogP contribution is -2.33. The van der Waals surface area contributed by atoms with Crippen molar-refractivity contribution in [3.8, 4) is 0 Å².